The van der Waals surface area contributed by atoms with Crippen LogP contribution in [-0.2, 0) is 4.79 Å². The molecule has 108 valence electrons. The predicted octanol–water partition coefficient (Wildman–Crippen LogP) is 3.18. The number of furan rings is 1. The van der Waals surface area contributed by atoms with Crippen molar-refractivity contribution in [1.82, 2.24) is 0 Å². The number of nitrogens with zero attached hydrogens (tertiary/aromatic N) is 1. The first kappa shape index (κ1) is 14.7. The van der Waals surface area contributed by atoms with Gasteiger partial charge < -0.3 is 9.15 Å². The van der Waals surface area contributed by atoms with Gasteiger partial charge >= 0.3 is 0 Å². The molecule has 0 unspecified atom stereocenters. The molecule has 5 nitrogen and oxygen atoms in total. The number of carbonyl (C=O) groups excluding carboxylic acids is 1. The van der Waals surface area contributed by atoms with E-state index in [2.05, 4.69) is 5.32 Å². The Labute approximate surface area is 123 Å². The number of hydrogen-bond donors (Lipinski definition) is 1. The average Bonchev–Trinajstić information content (AvgIpc) is 2.74. The zero-order valence-corrected chi connectivity index (χ0v) is 12.0. The molecule has 0 saturated heterocycles. The SMILES string of the molecule is Cc1oc(NC(=O)CCOc2ccccc2)c(C#N)c1C. The number of benzene rings is 1. The van der Waals surface area contributed by atoms with Gasteiger partial charge in [0.2, 0.25) is 11.8 Å². The molecular weight excluding hydrogens is 268 g/mol. The number of rotatable bonds is 5. The summed E-state index contributed by atoms with van der Waals surface area (Å²) in [6, 6.07) is 11.3. The number of ether oxygens (including phenoxy) is 1. The second-order valence-corrected chi connectivity index (χ2v) is 4.56. The van der Waals surface area contributed by atoms with E-state index < -0.39 is 0 Å². The summed E-state index contributed by atoms with van der Waals surface area (Å²) < 4.78 is 10.8. The average molecular weight is 284 g/mol. The van der Waals surface area contributed by atoms with E-state index in [1.165, 1.54) is 0 Å². The molecular formula is C16H16N2O3. The summed E-state index contributed by atoms with van der Waals surface area (Å²) in [6.07, 6.45) is 0.179. The molecule has 0 fully saturated rings. The van der Waals surface area contributed by atoms with Crippen molar-refractivity contribution in [3.8, 4) is 11.8 Å². The summed E-state index contributed by atoms with van der Waals surface area (Å²) >= 11 is 0. The Kier molecular flexibility index (Phi) is 4.62. The first-order valence-corrected chi connectivity index (χ1v) is 6.59. The van der Waals surface area contributed by atoms with Crippen molar-refractivity contribution in [2.45, 2.75) is 20.3 Å². The molecule has 1 N–H and O–H groups in total. The molecule has 2 aromatic rings. The van der Waals surface area contributed by atoms with Crippen molar-refractivity contribution in [2.24, 2.45) is 0 Å². The molecule has 1 aromatic carbocycles. The lowest BCUT2D eigenvalue weighted by Gasteiger charge is -2.05. The van der Waals surface area contributed by atoms with E-state index in [9.17, 15) is 4.79 Å². The zero-order valence-electron chi connectivity index (χ0n) is 12.0. The highest BCUT2D eigenvalue weighted by Crippen LogP contribution is 2.25. The molecule has 0 atom stereocenters. The molecule has 1 amide bonds. The van der Waals surface area contributed by atoms with Crippen LogP contribution in [0.3, 0.4) is 0 Å². The Morgan fingerprint density at radius 1 is 1.33 bits per heavy atom. The third-order valence-corrected chi connectivity index (χ3v) is 3.09. The Morgan fingerprint density at radius 2 is 2.05 bits per heavy atom. The summed E-state index contributed by atoms with van der Waals surface area (Å²) in [7, 11) is 0. The van der Waals surface area contributed by atoms with Crippen LogP contribution in [0.1, 0.15) is 23.3 Å². The molecule has 5 heteroatoms. The van der Waals surface area contributed by atoms with Crippen LogP contribution < -0.4 is 10.1 Å². The number of carbonyl (C=O) groups is 1. The molecule has 0 bridgehead atoms. The van der Waals surface area contributed by atoms with Crippen LogP contribution in [0, 0.1) is 25.2 Å². The lowest BCUT2D eigenvalue weighted by atomic mass is 10.2. The number of anilines is 1. The van der Waals surface area contributed by atoms with Crippen molar-refractivity contribution in [3.05, 3.63) is 47.2 Å². The van der Waals surface area contributed by atoms with Gasteiger partial charge in [0.05, 0.1) is 13.0 Å². The number of aryl methyl sites for hydroxylation is 1. The van der Waals surface area contributed by atoms with Gasteiger partial charge in [0, 0.05) is 5.56 Å². The van der Waals surface area contributed by atoms with Crippen molar-refractivity contribution >= 4 is 11.8 Å². The smallest absolute Gasteiger partial charge is 0.230 e. The topological polar surface area (TPSA) is 75.3 Å². The maximum atomic E-state index is 11.8. The zero-order chi connectivity index (χ0) is 15.2. The molecule has 1 aromatic heterocycles. The minimum absolute atomic E-state index is 0.179. The van der Waals surface area contributed by atoms with Crippen molar-refractivity contribution in [1.29, 1.82) is 5.26 Å². The fraction of sp³-hybridized carbons (Fsp3) is 0.250. The number of para-hydroxylation sites is 1. The van der Waals surface area contributed by atoms with Crippen LogP contribution in [0.5, 0.6) is 5.75 Å². The largest absolute Gasteiger partial charge is 0.493 e. The molecule has 2 rings (SSSR count). The van der Waals surface area contributed by atoms with E-state index in [0.717, 1.165) is 5.56 Å². The van der Waals surface area contributed by atoms with E-state index in [4.69, 9.17) is 14.4 Å². The van der Waals surface area contributed by atoms with Crippen molar-refractivity contribution in [2.75, 3.05) is 11.9 Å². The monoisotopic (exact) mass is 284 g/mol. The predicted molar refractivity (Wildman–Crippen MR) is 78.1 cm³/mol. The second kappa shape index (κ2) is 6.62. The van der Waals surface area contributed by atoms with E-state index in [1.54, 1.807) is 13.8 Å². The quantitative estimate of drug-likeness (QED) is 0.915. The van der Waals surface area contributed by atoms with E-state index in [1.807, 2.05) is 36.4 Å². The Morgan fingerprint density at radius 3 is 2.71 bits per heavy atom. The van der Waals surface area contributed by atoms with Gasteiger partial charge in [-0.3, -0.25) is 10.1 Å². The maximum absolute atomic E-state index is 11.8. The number of nitrogens with one attached hydrogen (secondary N) is 1. The molecule has 0 saturated carbocycles. The highest BCUT2D eigenvalue weighted by atomic mass is 16.5. The first-order valence-electron chi connectivity index (χ1n) is 6.59. The van der Waals surface area contributed by atoms with Crippen molar-refractivity contribution < 1.29 is 13.9 Å². The van der Waals surface area contributed by atoms with Crippen molar-refractivity contribution in [3.63, 3.8) is 0 Å². The second-order valence-electron chi connectivity index (χ2n) is 4.56. The van der Waals surface area contributed by atoms with E-state index in [0.29, 0.717) is 17.1 Å². The molecule has 0 radical (unpaired) electrons. The van der Waals surface area contributed by atoms with Gasteiger partial charge in [0.25, 0.3) is 0 Å². The summed E-state index contributed by atoms with van der Waals surface area (Å²) in [5.74, 6) is 1.29. The van der Waals surface area contributed by atoms with E-state index in [-0.39, 0.29) is 24.8 Å². The summed E-state index contributed by atoms with van der Waals surface area (Å²) in [5.41, 5.74) is 1.11. The summed E-state index contributed by atoms with van der Waals surface area (Å²) in [5, 5.41) is 11.7. The number of nitriles is 1. The lowest BCUT2D eigenvalue weighted by Crippen LogP contribution is -2.15. The third-order valence-electron chi connectivity index (χ3n) is 3.09. The van der Waals surface area contributed by atoms with Gasteiger partial charge in [-0.05, 0) is 26.0 Å². The molecule has 21 heavy (non-hydrogen) atoms. The molecule has 0 aliphatic carbocycles. The number of amides is 1. The fourth-order valence-corrected chi connectivity index (χ4v) is 1.82. The standard InChI is InChI=1S/C16H16N2O3/c1-11-12(2)21-16(14(11)10-17)18-15(19)8-9-20-13-6-4-3-5-7-13/h3-7H,8-9H2,1-2H3,(H,18,19). The summed E-state index contributed by atoms with van der Waals surface area (Å²) in [4.78, 5) is 11.8. The molecule has 0 aliphatic heterocycles. The fourth-order valence-electron chi connectivity index (χ4n) is 1.82. The number of hydrogen-bond acceptors (Lipinski definition) is 4. The minimum atomic E-state index is -0.254. The highest BCUT2D eigenvalue weighted by Gasteiger charge is 2.16. The van der Waals surface area contributed by atoms with Gasteiger partial charge in [-0.2, -0.15) is 5.26 Å². The van der Waals surface area contributed by atoms with E-state index >= 15 is 0 Å². The Bertz CT molecular complexity index is 669. The third kappa shape index (κ3) is 3.63. The van der Waals surface area contributed by atoms with Gasteiger partial charge in [0.1, 0.15) is 23.1 Å². The Hall–Kier alpha value is -2.74. The lowest BCUT2D eigenvalue weighted by molar-refractivity contribution is -0.116. The van der Waals surface area contributed by atoms with Crippen LogP contribution in [-0.4, -0.2) is 12.5 Å². The molecule has 0 aliphatic rings. The van der Waals surface area contributed by atoms with Crippen LogP contribution in [0.4, 0.5) is 5.88 Å². The van der Waals surface area contributed by atoms with Gasteiger partial charge in [0.15, 0.2) is 0 Å². The van der Waals surface area contributed by atoms with Crippen LogP contribution in [0.2, 0.25) is 0 Å². The van der Waals surface area contributed by atoms with Gasteiger partial charge in [-0.15, -0.1) is 0 Å². The summed E-state index contributed by atoms with van der Waals surface area (Å²) in [6.45, 7) is 3.80. The molecule has 0 spiro atoms. The van der Waals surface area contributed by atoms with Crippen LogP contribution in [0.25, 0.3) is 0 Å². The minimum Gasteiger partial charge on any atom is -0.493 e. The highest BCUT2D eigenvalue weighted by molar-refractivity contribution is 5.91. The van der Waals surface area contributed by atoms with Crippen LogP contribution >= 0.6 is 0 Å². The maximum Gasteiger partial charge on any atom is 0.230 e. The first-order chi connectivity index (χ1) is 10.1. The van der Waals surface area contributed by atoms with Gasteiger partial charge in [-0.25, -0.2) is 0 Å². The molecule has 1 heterocycles. The Balaban J connectivity index is 1.88. The van der Waals surface area contributed by atoms with Gasteiger partial charge in [-0.1, -0.05) is 18.2 Å². The van der Waals surface area contributed by atoms with Crippen LogP contribution in [0.15, 0.2) is 34.7 Å². The normalized spacial score (nSPS) is 9.95.